The van der Waals surface area contributed by atoms with Gasteiger partial charge in [-0.15, -0.1) is 0 Å². The summed E-state index contributed by atoms with van der Waals surface area (Å²) < 4.78 is 39.4. The first kappa shape index (κ1) is 14.9. The minimum absolute atomic E-state index is 0.0539. The molecule has 2 rings (SSSR count). The smallest absolute Gasteiger partial charge is 0.194 e. The van der Waals surface area contributed by atoms with Crippen molar-refractivity contribution >= 4 is 11.6 Å². The summed E-state index contributed by atoms with van der Waals surface area (Å²) in [5.74, 6) is -3.91. The molecule has 0 saturated heterocycles. The molecule has 106 valence electrons. The number of rotatable bonds is 3. The summed E-state index contributed by atoms with van der Waals surface area (Å²) in [5, 5.41) is 3.53. The average Bonchev–Trinajstić information content (AvgIpc) is 2.43. The van der Waals surface area contributed by atoms with E-state index in [0.717, 1.165) is 17.7 Å². The van der Waals surface area contributed by atoms with Crippen LogP contribution in [0, 0.1) is 17.5 Å². The molecule has 0 aromatic heterocycles. The third-order valence-electron chi connectivity index (χ3n) is 3.22. The van der Waals surface area contributed by atoms with Gasteiger partial charge in [-0.3, -0.25) is 0 Å². The fourth-order valence-electron chi connectivity index (χ4n) is 1.94. The van der Waals surface area contributed by atoms with Gasteiger partial charge in [0, 0.05) is 11.1 Å². The van der Waals surface area contributed by atoms with Gasteiger partial charge in [-0.25, -0.2) is 13.2 Å². The Morgan fingerprint density at radius 1 is 1.00 bits per heavy atom. The van der Waals surface area contributed by atoms with Crippen LogP contribution in [0.3, 0.4) is 0 Å². The summed E-state index contributed by atoms with van der Waals surface area (Å²) in [6.45, 7) is 1.94. The van der Waals surface area contributed by atoms with Gasteiger partial charge in [0.2, 0.25) is 0 Å². The van der Waals surface area contributed by atoms with Crippen molar-refractivity contribution in [2.75, 3.05) is 7.05 Å². The Morgan fingerprint density at radius 2 is 1.60 bits per heavy atom. The minimum Gasteiger partial charge on any atom is -0.313 e. The summed E-state index contributed by atoms with van der Waals surface area (Å²) in [5.41, 5.74) is 1.65. The van der Waals surface area contributed by atoms with E-state index in [9.17, 15) is 13.2 Å². The maximum Gasteiger partial charge on any atom is 0.194 e. The Labute approximate surface area is 120 Å². The molecule has 0 bridgehead atoms. The SMILES string of the molecule is CNC(C)c1ccc(-c2cc(F)c(F)c(F)c2)cc1Cl. The summed E-state index contributed by atoms with van der Waals surface area (Å²) in [6.07, 6.45) is 0. The molecule has 0 aliphatic carbocycles. The second kappa shape index (κ2) is 5.85. The van der Waals surface area contributed by atoms with Gasteiger partial charge in [-0.1, -0.05) is 23.7 Å². The summed E-state index contributed by atoms with van der Waals surface area (Å²) >= 11 is 6.16. The van der Waals surface area contributed by atoms with Gasteiger partial charge >= 0.3 is 0 Å². The molecular weight excluding hydrogens is 287 g/mol. The minimum atomic E-state index is -1.47. The van der Waals surface area contributed by atoms with E-state index in [1.165, 1.54) is 0 Å². The number of hydrogen-bond donors (Lipinski definition) is 1. The van der Waals surface area contributed by atoms with Crippen molar-refractivity contribution in [3.05, 3.63) is 58.4 Å². The van der Waals surface area contributed by atoms with Crippen molar-refractivity contribution in [2.45, 2.75) is 13.0 Å². The first-order valence-corrected chi connectivity index (χ1v) is 6.43. The zero-order valence-corrected chi connectivity index (χ0v) is 11.7. The zero-order valence-electron chi connectivity index (χ0n) is 11.0. The molecule has 0 radical (unpaired) electrons. The van der Waals surface area contributed by atoms with Crippen molar-refractivity contribution in [3.63, 3.8) is 0 Å². The molecule has 0 aliphatic rings. The largest absolute Gasteiger partial charge is 0.313 e. The molecule has 0 amide bonds. The van der Waals surface area contributed by atoms with Gasteiger partial charge < -0.3 is 5.32 Å². The van der Waals surface area contributed by atoms with E-state index >= 15 is 0 Å². The zero-order chi connectivity index (χ0) is 14.9. The molecule has 5 heteroatoms. The van der Waals surface area contributed by atoms with Crippen molar-refractivity contribution < 1.29 is 13.2 Å². The molecule has 2 aromatic carbocycles. The van der Waals surface area contributed by atoms with Crippen molar-refractivity contribution in [1.82, 2.24) is 5.32 Å². The van der Waals surface area contributed by atoms with Crippen LogP contribution < -0.4 is 5.32 Å². The third-order valence-corrected chi connectivity index (χ3v) is 3.54. The van der Waals surface area contributed by atoms with Gasteiger partial charge in [0.15, 0.2) is 17.5 Å². The molecule has 1 atom stereocenters. The third kappa shape index (κ3) is 2.81. The predicted octanol–water partition coefficient (Wildman–Crippen LogP) is 4.70. The fraction of sp³-hybridized carbons (Fsp3) is 0.200. The van der Waals surface area contributed by atoms with E-state index in [0.29, 0.717) is 10.6 Å². The lowest BCUT2D eigenvalue weighted by molar-refractivity contribution is 0.448. The van der Waals surface area contributed by atoms with Gasteiger partial charge in [0.05, 0.1) is 0 Å². The summed E-state index contributed by atoms with van der Waals surface area (Å²) in [4.78, 5) is 0. The van der Waals surface area contributed by atoms with Crippen LogP contribution in [-0.2, 0) is 0 Å². The highest BCUT2D eigenvalue weighted by atomic mass is 35.5. The predicted molar refractivity (Wildman–Crippen MR) is 74.2 cm³/mol. The molecule has 0 heterocycles. The highest BCUT2D eigenvalue weighted by Gasteiger charge is 2.13. The maximum atomic E-state index is 13.2. The average molecular weight is 300 g/mol. The summed E-state index contributed by atoms with van der Waals surface area (Å²) in [6, 6.07) is 7.03. The lowest BCUT2D eigenvalue weighted by Crippen LogP contribution is -2.12. The molecule has 1 N–H and O–H groups in total. The summed E-state index contributed by atoms with van der Waals surface area (Å²) in [7, 11) is 1.81. The molecule has 1 unspecified atom stereocenters. The van der Waals surface area contributed by atoms with Crippen LogP contribution in [0.4, 0.5) is 13.2 Å². The van der Waals surface area contributed by atoms with Crippen LogP contribution in [-0.4, -0.2) is 7.05 Å². The highest BCUT2D eigenvalue weighted by molar-refractivity contribution is 6.31. The van der Waals surface area contributed by atoms with Crippen LogP contribution in [0.15, 0.2) is 30.3 Å². The maximum absolute atomic E-state index is 13.2. The van der Waals surface area contributed by atoms with E-state index in [1.54, 1.807) is 25.2 Å². The lowest BCUT2D eigenvalue weighted by atomic mass is 10.0. The molecule has 0 saturated carbocycles. The molecule has 0 spiro atoms. The van der Waals surface area contributed by atoms with E-state index in [-0.39, 0.29) is 11.6 Å². The number of benzene rings is 2. The molecule has 2 aromatic rings. The van der Waals surface area contributed by atoms with Crippen molar-refractivity contribution in [2.24, 2.45) is 0 Å². The van der Waals surface area contributed by atoms with Crippen LogP contribution >= 0.6 is 11.6 Å². The van der Waals surface area contributed by atoms with Crippen LogP contribution in [0.1, 0.15) is 18.5 Å². The lowest BCUT2D eigenvalue weighted by Gasteiger charge is -2.14. The van der Waals surface area contributed by atoms with E-state index < -0.39 is 17.5 Å². The highest BCUT2D eigenvalue weighted by Crippen LogP contribution is 2.30. The Hall–Kier alpha value is -1.52. The Kier molecular flexibility index (Phi) is 4.35. The first-order chi connectivity index (χ1) is 9.43. The van der Waals surface area contributed by atoms with E-state index in [1.807, 2.05) is 6.92 Å². The Bertz CT molecular complexity index is 620. The number of halogens is 4. The quantitative estimate of drug-likeness (QED) is 0.810. The number of hydrogen-bond acceptors (Lipinski definition) is 1. The van der Waals surface area contributed by atoms with Crippen molar-refractivity contribution in [3.8, 4) is 11.1 Å². The van der Waals surface area contributed by atoms with Crippen LogP contribution in [0.2, 0.25) is 5.02 Å². The fourth-order valence-corrected chi connectivity index (χ4v) is 2.28. The van der Waals surface area contributed by atoms with E-state index in [4.69, 9.17) is 11.6 Å². The molecular formula is C15H13ClF3N. The second-order valence-corrected chi connectivity index (χ2v) is 4.91. The first-order valence-electron chi connectivity index (χ1n) is 6.05. The van der Waals surface area contributed by atoms with Crippen molar-refractivity contribution in [1.29, 1.82) is 0 Å². The standard InChI is InChI=1S/C15H13ClF3N/c1-8(20-2)11-4-3-9(5-12(11)16)10-6-13(17)15(19)14(18)7-10/h3-8,20H,1-2H3. The van der Waals surface area contributed by atoms with Crippen LogP contribution in [0.5, 0.6) is 0 Å². The van der Waals surface area contributed by atoms with Crippen LogP contribution in [0.25, 0.3) is 11.1 Å². The normalized spacial score (nSPS) is 12.5. The molecule has 20 heavy (non-hydrogen) atoms. The monoisotopic (exact) mass is 299 g/mol. The topological polar surface area (TPSA) is 12.0 Å². The molecule has 0 fully saturated rings. The van der Waals surface area contributed by atoms with Gasteiger partial charge in [0.1, 0.15) is 0 Å². The molecule has 0 aliphatic heterocycles. The van der Waals surface area contributed by atoms with Gasteiger partial charge in [-0.2, -0.15) is 0 Å². The van der Waals surface area contributed by atoms with Gasteiger partial charge in [0.25, 0.3) is 0 Å². The second-order valence-electron chi connectivity index (χ2n) is 4.50. The van der Waals surface area contributed by atoms with E-state index in [2.05, 4.69) is 5.32 Å². The Morgan fingerprint density at radius 3 is 2.10 bits per heavy atom. The Balaban J connectivity index is 2.47. The molecule has 1 nitrogen and oxygen atoms in total. The van der Waals surface area contributed by atoms with Gasteiger partial charge in [-0.05, 0) is 48.9 Å². The number of nitrogens with one attached hydrogen (secondary N) is 1.